The van der Waals surface area contributed by atoms with E-state index in [1.54, 1.807) is 6.07 Å². The SMILES string of the molecule is NCCC#Cc1ccc(Cl)c([N+](=O)[O-])c1. The third-order valence-corrected chi connectivity index (χ3v) is 1.96. The molecule has 0 atom stereocenters. The predicted octanol–water partition coefficient (Wildman–Crippen LogP) is 1.95. The minimum Gasteiger partial charge on any atom is -0.330 e. The number of halogens is 1. The van der Waals surface area contributed by atoms with E-state index in [-0.39, 0.29) is 10.7 Å². The second-order valence-corrected chi connectivity index (χ2v) is 3.17. The van der Waals surface area contributed by atoms with Crippen molar-refractivity contribution < 1.29 is 4.92 Å². The predicted molar refractivity (Wildman–Crippen MR) is 58.7 cm³/mol. The van der Waals surface area contributed by atoms with Crippen LogP contribution >= 0.6 is 11.6 Å². The van der Waals surface area contributed by atoms with Gasteiger partial charge in [0.25, 0.3) is 5.69 Å². The fourth-order valence-electron chi connectivity index (χ4n) is 0.967. The van der Waals surface area contributed by atoms with Gasteiger partial charge in [-0.05, 0) is 12.1 Å². The van der Waals surface area contributed by atoms with Crippen molar-refractivity contribution in [2.75, 3.05) is 6.54 Å². The van der Waals surface area contributed by atoms with Gasteiger partial charge in [0.1, 0.15) is 5.02 Å². The van der Waals surface area contributed by atoms with Crippen LogP contribution in [0.5, 0.6) is 0 Å². The smallest absolute Gasteiger partial charge is 0.289 e. The van der Waals surface area contributed by atoms with E-state index < -0.39 is 4.92 Å². The van der Waals surface area contributed by atoms with Crippen LogP contribution in [0.15, 0.2) is 18.2 Å². The first-order valence-electron chi connectivity index (χ1n) is 4.28. The van der Waals surface area contributed by atoms with Gasteiger partial charge in [-0.2, -0.15) is 0 Å². The van der Waals surface area contributed by atoms with Gasteiger partial charge in [0.05, 0.1) is 4.92 Å². The van der Waals surface area contributed by atoms with E-state index in [2.05, 4.69) is 11.8 Å². The Bertz CT molecular complexity index is 435. The van der Waals surface area contributed by atoms with Crippen LogP contribution in [0.25, 0.3) is 0 Å². The van der Waals surface area contributed by atoms with Crippen LogP contribution in [0.3, 0.4) is 0 Å². The quantitative estimate of drug-likeness (QED) is 0.474. The van der Waals surface area contributed by atoms with Gasteiger partial charge >= 0.3 is 0 Å². The molecule has 0 bridgehead atoms. The van der Waals surface area contributed by atoms with Crippen molar-refractivity contribution in [3.8, 4) is 11.8 Å². The van der Waals surface area contributed by atoms with Crippen LogP contribution in [0.1, 0.15) is 12.0 Å². The summed E-state index contributed by atoms with van der Waals surface area (Å²) in [6.07, 6.45) is 0.566. The molecule has 15 heavy (non-hydrogen) atoms. The summed E-state index contributed by atoms with van der Waals surface area (Å²) in [5, 5.41) is 10.7. The lowest BCUT2D eigenvalue weighted by atomic mass is 10.2. The zero-order valence-electron chi connectivity index (χ0n) is 7.87. The lowest BCUT2D eigenvalue weighted by Gasteiger charge is -1.95. The zero-order valence-corrected chi connectivity index (χ0v) is 8.62. The number of hydrogen-bond acceptors (Lipinski definition) is 3. The van der Waals surface area contributed by atoms with Gasteiger partial charge < -0.3 is 5.73 Å². The summed E-state index contributed by atoms with van der Waals surface area (Å²) in [7, 11) is 0. The topological polar surface area (TPSA) is 69.2 Å². The van der Waals surface area contributed by atoms with Gasteiger partial charge in [0.2, 0.25) is 0 Å². The third kappa shape index (κ3) is 3.24. The van der Waals surface area contributed by atoms with Crippen molar-refractivity contribution in [3.05, 3.63) is 38.9 Å². The maximum absolute atomic E-state index is 10.6. The highest BCUT2D eigenvalue weighted by Crippen LogP contribution is 2.24. The fourth-order valence-corrected chi connectivity index (χ4v) is 1.15. The molecule has 0 fully saturated rings. The highest BCUT2D eigenvalue weighted by molar-refractivity contribution is 6.32. The Morgan fingerprint density at radius 3 is 2.87 bits per heavy atom. The normalized spacial score (nSPS) is 9.20. The summed E-state index contributed by atoms with van der Waals surface area (Å²) in [5.41, 5.74) is 5.70. The molecule has 0 saturated carbocycles. The van der Waals surface area contributed by atoms with Crippen molar-refractivity contribution in [2.24, 2.45) is 5.73 Å². The summed E-state index contributed by atoms with van der Waals surface area (Å²) >= 11 is 5.64. The number of nitrogens with two attached hydrogens (primary N) is 1. The molecule has 0 heterocycles. The average Bonchev–Trinajstić information content (AvgIpc) is 2.20. The maximum Gasteiger partial charge on any atom is 0.289 e. The molecule has 0 saturated heterocycles. The zero-order chi connectivity index (χ0) is 11.3. The largest absolute Gasteiger partial charge is 0.330 e. The number of nitrogens with zero attached hydrogens (tertiary/aromatic N) is 1. The molecule has 0 aliphatic heterocycles. The molecule has 1 rings (SSSR count). The third-order valence-electron chi connectivity index (χ3n) is 1.64. The Balaban J connectivity index is 2.99. The molecular weight excluding hydrogens is 216 g/mol. The van der Waals surface area contributed by atoms with Crippen molar-refractivity contribution in [1.82, 2.24) is 0 Å². The first-order chi connectivity index (χ1) is 7.15. The molecule has 0 aliphatic carbocycles. The molecule has 1 aromatic rings. The molecule has 5 heteroatoms. The van der Waals surface area contributed by atoms with Crippen LogP contribution in [-0.2, 0) is 0 Å². The van der Waals surface area contributed by atoms with E-state index >= 15 is 0 Å². The number of nitro benzene ring substituents is 1. The van der Waals surface area contributed by atoms with E-state index in [0.717, 1.165) is 0 Å². The van der Waals surface area contributed by atoms with E-state index in [4.69, 9.17) is 17.3 Å². The van der Waals surface area contributed by atoms with Crippen molar-refractivity contribution in [2.45, 2.75) is 6.42 Å². The molecular formula is C10H9ClN2O2. The lowest BCUT2D eigenvalue weighted by molar-refractivity contribution is -0.384. The Morgan fingerprint density at radius 1 is 1.53 bits per heavy atom. The molecule has 2 N–H and O–H groups in total. The first-order valence-corrected chi connectivity index (χ1v) is 4.66. The van der Waals surface area contributed by atoms with Crippen LogP contribution in [0.4, 0.5) is 5.69 Å². The van der Waals surface area contributed by atoms with Crippen molar-refractivity contribution >= 4 is 17.3 Å². The fraction of sp³-hybridized carbons (Fsp3) is 0.200. The molecule has 0 unspecified atom stereocenters. The highest BCUT2D eigenvalue weighted by Gasteiger charge is 2.11. The summed E-state index contributed by atoms with van der Waals surface area (Å²) in [6.45, 7) is 0.475. The van der Waals surface area contributed by atoms with Gasteiger partial charge in [0, 0.05) is 24.6 Å². The Morgan fingerprint density at radius 2 is 2.27 bits per heavy atom. The van der Waals surface area contributed by atoms with E-state index in [1.807, 2.05) is 0 Å². The number of benzene rings is 1. The standard InChI is InChI=1S/C10H9ClN2O2/c11-9-5-4-8(3-1-2-6-12)7-10(9)13(14)15/h4-5,7H,2,6,12H2. The lowest BCUT2D eigenvalue weighted by Crippen LogP contribution is -1.95. The van der Waals surface area contributed by atoms with Gasteiger partial charge in [-0.1, -0.05) is 23.4 Å². The monoisotopic (exact) mass is 224 g/mol. The molecule has 0 aromatic heterocycles. The van der Waals surface area contributed by atoms with E-state index in [1.165, 1.54) is 12.1 Å². The van der Waals surface area contributed by atoms with Gasteiger partial charge in [-0.3, -0.25) is 10.1 Å². The second-order valence-electron chi connectivity index (χ2n) is 2.76. The average molecular weight is 225 g/mol. The highest BCUT2D eigenvalue weighted by atomic mass is 35.5. The summed E-state index contributed by atoms with van der Waals surface area (Å²) in [5.74, 6) is 5.57. The van der Waals surface area contributed by atoms with Crippen LogP contribution < -0.4 is 5.73 Å². The second kappa shape index (κ2) is 5.35. The molecule has 1 aromatic carbocycles. The van der Waals surface area contributed by atoms with Crippen LogP contribution in [0, 0.1) is 22.0 Å². The molecule has 0 spiro atoms. The van der Waals surface area contributed by atoms with Gasteiger partial charge in [0.15, 0.2) is 0 Å². The minimum atomic E-state index is -0.531. The Hall–Kier alpha value is -1.57. The number of rotatable bonds is 2. The summed E-state index contributed by atoms with van der Waals surface area (Å²) < 4.78 is 0. The molecule has 0 radical (unpaired) electrons. The van der Waals surface area contributed by atoms with Crippen LogP contribution in [-0.4, -0.2) is 11.5 Å². The number of hydrogen-bond donors (Lipinski definition) is 1. The molecule has 0 amide bonds. The molecule has 78 valence electrons. The Kier molecular flexibility index (Phi) is 4.10. The molecule has 0 aliphatic rings. The Labute approximate surface area is 92.2 Å². The van der Waals surface area contributed by atoms with Crippen LogP contribution in [0.2, 0.25) is 5.02 Å². The molecule has 4 nitrogen and oxygen atoms in total. The van der Waals surface area contributed by atoms with Gasteiger partial charge in [-0.25, -0.2) is 0 Å². The summed E-state index contributed by atoms with van der Waals surface area (Å²) in [4.78, 5) is 10.0. The van der Waals surface area contributed by atoms with Crippen molar-refractivity contribution in [1.29, 1.82) is 0 Å². The maximum atomic E-state index is 10.6. The number of nitro groups is 1. The van der Waals surface area contributed by atoms with Gasteiger partial charge in [-0.15, -0.1) is 0 Å². The summed E-state index contributed by atoms with van der Waals surface area (Å²) in [6, 6.07) is 4.46. The first kappa shape index (κ1) is 11.5. The minimum absolute atomic E-state index is 0.115. The van der Waals surface area contributed by atoms with E-state index in [9.17, 15) is 10.1 Å². The van der Waals surface area contributed by atoms with Crippen molar-refractivity contribution in [3.63, 3.8) is 0 Å². The van der Waals surface area contributed by atoms with E-state index in [0.29, 0.717) is 18.5 Å².